The Morgan fingerprint density at radius 1 is 0.857 bits per heavy atom. The van der Waals surface area contributed by atoms with Crippen LogP contribution >= 0.6 is 11.8 Å². The number of carbonyl (C=O) groups excluding carboxylic acids is 2. The van der Waals surface area contributed by atoms with Crippen molar-refractivity contribution in [1.82, 2.24) is 10.3 Å². The van der Waals surface area contributed by atoms with Gasteiger partial charge in [-0.05, 0) is 23.6 Å². The predicted octanol–water partition coefficient (Wildman–Crippen LogP) is 4.71. The number of aliphatic carboxylic acids is 1. The van der Waals surface area contributed by atoms with E-state index in [4.69, 9.17) is 0 Å². The average Bonchev–Trinajstić information content (AvgIpc) is 3.29. The molecule has 0 fully saturated rings. The molecule has 0 aliphatic heterocycles. The van der Waals surface area contributed by atoms with Gasteiger partial charge in [0, 0.05) is 34.8 Å². The number of hydrogen-bond donors (Lipinski definition) is 3. The van der Waals surface area contributed by atoms with E-state index < -0.39 is 17.9 Å². The maximum Gasteiger partial charge on any atom is 0.326 e. The highest BCUT2D eigenvalue weighted by molar-refractivity contribution is 8.14. The topological polar surface area (TPSA) is 99.3 Å². The summed E-state index contributed by atoms with van der Waals surface area (Å²) in [7, 11) is 0. The molecule has 0 unspecified atom stereocenters. The van der Waals surface area contributed by atoms with Gasteiger partial charge in [-0.3, -0.25) is 9.59 Å². The third-order valence-electron chi connectivity index (χ3n) is 5.83. The molecule has 35 heavy (non-hydrogen) atoms. The van der Waals surface area contributed by atoms with E-state index in [0.717, 1.165) is 33.8 Å². The molecule has 1 aromatic heterocycles. The monoisotopic (exact) mass is 486 g/mol. The van der Waals surface area contributed by atoms with Gasteiger partial charge in [-0.25, -0.2) is 4.79 Å². The van der Waals surface area contributed by atoms with Crippen LogP contribution < -0.4 is 5.32 Å². The summed E-state index contributed by atoms with van der Waals surface area (Å²) < 4.78 is 0. The Morgan fingerprint density at radius 3 is 2.23 bits per heavy atom. The first-order valence-electron chi connectivity index (χ1n) is 11.4. The molecule has 1 heterocycles. The van der Waals surface area contributed by atoms with Gasteiger partial charge in [0.05, 0.1) is 5.92 Å². The molecule has 3 N–H and O–H groups in total. The Balaban J connectivity index is 1.48. The number of aromatic nitrogens is 1. The fourth-order valence-corrected chi connectivity index (χ4v) is 4.89. The number of carboxylic acids is 1. The highest BCUT2D eigenvalue weighted by Gasteiger charge is 2.27. The molecule has 0 radical (unpaired) electrons. The number of aromatic amines is 1. The van der Waals surface area contributed by atoms with Crippen molar-refractivity contribution in [3.8, 4) is 0 Å². The zero-order chi connectivity index (χ0) is 24.6. The van der Waals surface area contributed by atoms with Crippen LogP contribution in [0.4, 0.5) is 0 Å². The summed E-state index contributed by atoms with van der Waals surface area (Å²) in [4.78, 5) is 41.1. The summed E-state index contributed by atoms with van der Waals surface area (Å²) in [6.07, 6.45) is 2.34. The molecule has 2 atom stereocenters. The van der Waals surface area contributed by atoms with Gasteiger partial charge in [0.15, 0.2) is 0 Å². The van der Waals surface area contributed by atoms with Gasteiger partial charge >= 0.3 is 5.97 Å². The summed E-state index contributed by atoms with van der Waals surface area (Å²) >= 11 is 1.08. The van der Waals surface area contributed by atoms with Crippen molar-refractivity contribution < 1.29 is 19.5 Å². The number of amides is 1. The van der Waals surface area contributed by atoms with Crippen LogP contribution in [-0.4, -0.2) is 38.9 Å². The van der Waals surface area contributed by atoms with E-state index in [1.165, 1.54) is 0 Å². The average molecular weight is 487 g/mol. The molecule has 0 aliphatic rings. The van der Waals surface area contributed by atoms with Crippen LogP contribution in [0.25, 0.3) is 10.9 Å². The summed E-state index contributed by atoms with van der Waals surface area (Å²) in [6.45, 7) is 0. The first-order chi connectivity index (χ1) is 17.0. The molecule has 3 aromatic carbocycles. The number of para-hydroxylation sites is 1. The van der Waals surface area contributed by atoms with Crippen molar-refractivity contribution in [1.29, 1.82) is 0 Å². The number of nitrogens with one attached hydrogen (secondary N) is 2. The van der Waals surface area contributed by atoms with Crippen molar-refractivity contribution in [3.05, 3.63) is 108 Å². The number of carbonyl (C=O) groups is 3. The first-order valence-corrected chi connectivity index (χ1v) is 12.3. The van der Waals surface area contributed by atoms with Crippen LogP contribution in [0.5, 0.6) is 0 Å². The summed E-state index contributed by atoms with van der Waals surface area (Å²) in [5.41, 5.74) is 3.25. The minimum atomic E-state index is -1.10. The Morgan fingerprint density at radius 2 is 1.51 bits per heavy atom. The van der Waals surface area contributed by atoms with Crippen LogP contribution in [0, 0.1) is 5.92 Å². The highest BCUT2D eigenvalue weighted by Crippen LogP contribution is 2.21. The zero-order valence-electron chi connectivity index (χ0n) is 19.0. The number of benzene rings is 3. The molecule has 6 nitrogen and oxygen atoms in total. The van der Waals surface area contributed by atoms with Gasteiger partial charge < -0.3 is 15.4 Å². The minimum Gasteiger partial charge on any atom is -0.480 e. The molecular weight excluding hydrogens is 460 g/mol. The standard InChI is InChI=1S/C28H26N2O4S/c31-26(30-25(27(32)33)16-21-17-29-24-14-8-7-13-23(21)24)22(15-19-9-3-1-4-10-19)18-35-28(34)20-11-5-2-6-12-20/h1-14,17,22,25,29H,15-16,18H2,(H,30,31)(H,32,33)/t22-,25-/m1/s1. The predicted molar refractivity (Wildman–Crippen MR) is 138 cm³/mol. The van der Waals surface area contributed by atoms with Crippen LogP contribution in [-0.2, 0) is 22.4 Å². The Kier molecular flexibility index (Phi) is 8.00. The van der Waals surface area contributed by atoms with Gasteiger partial charge in [0.25, 0.3) is 0 Å². The van der Waals surface area contributed by atoms with Crippen LogP contribution in [0.1, 0.15) is 21.5 Å². The quantitative estimate of drug-likeness (QED) is 0.301. The molecule has 0 spiro atoms. The molecule has 4 aromatic rings. The molecule has 4 rings (SSSR count). The molecule has 0 saturated carbocycles. The maximum absolute atomic E-state index is 13.3. The van der Waals surface area contributed by atoms with Gasteiger partial charge in [-0.2, -0.15) is 0 Å². The number of H-pyrrole nitrogens is 1. The van der Waals surface area contributed by atoms with Gasteiger partial charge in [-0.15, -0.1) is 0 Å². The van der Waals surface area contributed by atoms with Crippen LogP contribution in [0.2, 0.25) is 0 Å². The minimum absolute atomic E-state index is 0.120. The zero-order valence-corrected chi connectivity index (χ0v) is 19.8. The van der Waals surface area contributed by atoms with E-state index in [1.54, 1.807) is 30.5 Å². The van der Waals surface area contributed by atoms with E-state index in [2.05, 4.69) is 10.3 Å². The molecule has 0 saturated heterocycles. The molecule has 7 heteroatoms. The largest absolute Gasteiger partial charge is 0.480 e. The van der Waals surface area contributed by atoms with E-state index >= 15 is 0 Å². The second kappa shape index (κ2) is 11.5. The number of rotatable bonds is 10. The molecular formula is C28H26N2O4S. The van der Waals surface area contributed by atoms with Gasteiger partial charge in [-0.1, -0.05) is 90.6 Å². The molecule has 1 amide bonds. The first kappa shape index (κ1) is 24.3. The highest BCUT2D eigenvalue weighted by atomic mass is 32.2. The third kappa shape index (κ3) is 6.39. The van der Waals surface area contributed by atoms with E-state index in [9.17, 15) is 19.5 Å². The Labute approximate surface area is 207 Å². The van der Waals surface area contributed by atoms with E-state index in [1.807, 2.05) is 60.7 Å². The van der Waals surface area contributed by atoms with Gasteiger partial charge in [0.1, 0.15) is 6.04 Å². The smallest absolute Gasteiger partial charge is 0.326 e. The molecule has 178 valence electrons. The lowest BCUT2D eigenvalue weighted by Crippen LogP contribution is -2.46. The third-order valence-corrected chi connectivity index (χ3v) is 6.90. The van der Waals surface area contributed by atoms with Crippen molar-refractivity contribution in [2.75, 3.05) is 5.75 Å². The van der Waals surface area contributed by atoms with E-state index in [-0.39, 0.29) is 23.2 Å². The SMILES string of the molecule is O=C(SC[C@@H](Cc1ccccc1)C(=O)N[C@H](Cc1c[nH]c2ccccc12)C(=O)O)c1ccccc1. The second-order valence-corrected chi connectivity index (χ2v) is 9.31. The summed E-state index contributed by atoms with van der Waals surface area (Å²) in [5.74, 6) is -1.81. The summed E-state index contributed by atoms with van der Waals surface area (Å²) in [5, 5.41) is 13.4. The fourth-order valence-electron chi connectivity index (χ4n) is 3.97. The van der Waals surface area contributed by atoms with Crippen molar-refractivity contribution >= 4 is 39.7 Å². The maximum atomic E-state index is 13.3. The normalized spacial score (nSPS) is 12.7. The van der Waals surface area contributed by atoms with Crippen LogP contribution in [0.3, 0.4) is 0 Å². The molecule has 0 bridgehead atoms. The lowest BCUT2D eigenvalue weighted by Gasteiger charge is -2.20. The Hall–Kier alpha value is -3.84. The van der Waals surface area contributed by atoms with Gasteiger partial charge in [0.2, 0.25) is 11.0 Å². The van der Waals surface area contributed by atoms with Crippen molar-refractivity contribution in [2.45, 2.75) is 18.9 Å². The number of thioether (sulfide) groups is 1. The fraction of sp³-hybridized carbons (Fsp3) is 0.179. The van der Waals surface area contributed by atoms with Crippen molar-refractivity contribution in [2.24, 2.45) is 5.92 Å². The number of hydrogen-bond acceptors (Lipinski definition) is 4. The second-order valence-electron chi connectivity index (χ2n) is 8.31. The van der Waals surface area contributed by atoms with E-state index in [0.29, 0.717) is 12.0 Å². The van der Waals surface area contributed by atoms with Crippen molar-refractivity contribution in [3.63, 3.8) is 0 Å². The number of carboxylic acid groups (broad SMARTS) is 1. The number of fused-ring (bicyclic) bond motifs is 1. The Bertz CT molecular complexity index is 1300. The van der Waals surface area contributed by atoms with Crippen LogP contribution in [0.15, 0.2) is 91.1 Å². The molecule has 0 aliphatic carbocycles. The lowest BCUT2D eigenvalue weighted by molar-refractivity contribution is -0.142. The lowest BCUT2D eigenvalue weighted by atomic mass is 9.99. The summed E-state index contributed by atoms with van der Waals surface area (Å²) in [6, 6.07) is 25.0.